The molecule has 0 saturated carbocycles. The van der Waals surface area contributed by atoms with Crippen molar-refractivity contribution in [1.82, 2.24) is 19.9 Å². The minimum absolute atomic E-state index is 0.0376. The Labute approximate surface area is 264 Å². The Hall–Kier alpha value is -3.59. The maximum absolute atomic E-state index is 17.1. The van der Waals surface area contributed by atoms with E-state index in [9.17, 15) is 5.11 Å². The molecule has 1 unspecified atom stereocenters. The summed E-state index contributed by atoms with van der Waals surface area (Å²) < 4.78 is 38.6. The molecule has 4 aromatic rings. The van der Waals surface area contributed by atoms with Crippen molar-refractivity contribution in [2.24, 2.45) is 0 Å². The molecule has 0 spiro atoms. The number of aryl methyl sites for hydroxylation is 2. The molecule has 45 heavy (non-hydrogen) atoms. The number of aromatic hydroxyl groups is 1. The first-order valence-electron chi connectivity index (χ1n) is 16.7. The van der Waals surface area contributed by atoms with Crippen LogP contribution in [0.3, 0.4) is 0 Å². The average Bonchev–Trinajstić information content (AvgIpc) is 3.21. The first-order valence-corrected chi connectivity index (χ1v) is 16.7. The number of phenolic OH excluding ortho intramolecular Hbond substituents is 1. The smallest absolute Gasteiger partial charge is 0.319 e. The van der Waals surface area contributed by atoms with Gasteiger partial charge in [0.2, 0.25) is 0 Å². The lowest BCUT2D eigenvalue weighted by Crippen LogP contribution is -2.46. The van der Waals surface area contributed by atoms with Gasteiger partial charge in [-0.2, -0.15) is 9.97 Å². The van der Waals surface area contributed by atoms with Crippen LogP contribution in [0.4, 0.5) is 14.6 Å². The zero-order chi connectivity index (χ0) is 31.7. The van der Waals surface area contributed by atoms with Gasteiger partial charge < -0.3 is 14.7 Å². The number of hydrogen-bond donors (Lipinski definition) is 1. The van der Waals surface area contributed by atoms with Crippen LogP contribution in [0, 0.1) is 11.6 Å². The first-order chi connectivity index (χ1) is 21.8. The predicted octanol–water partition coefficient (Wildman–Crippen LogP) is 7.98. The third kappa shape index (κ3) is 5.80. The lowest BCUT2D eigenvalue weighted by atomic mass is 9.92. The number of halogens is 2. The summed E-state index contributed by atoms with van der Waals surface area (Å²) in [7, 11) is 2.15. The van der Waals surface area contributed by atoms with Crippen LogP contribution in [-0.2, 0) is 12.8 Å². The van der Waals surface area contributed by atoms with Gasteiger partial charge in [-0.3, -0.25) is 4.90 Å². The Morgan fingerprint density at radius 2 is 1.69 bits per heavy atom. The molecule has 2 fully saturated rings. The fourth-order valence-electron chi connectivity index (χ4n) is 7.56. The third-order valence-electron chi connectivity index (χ3n) is 9.95. The van der Waals surface area contributed by atoms with Gasteiger partial charge in [-0.1, -0.05) is 46.1 Å². The van der Waals surface area contributed by atoms with Crippen LogP contribution in [0.5, 0.6) is 11.8 Å². The highest BCUT2D eigenvalue weighted by atomic mass is 19.1. The number of hydrogen-bond acceptors (Lipinski definition) is 7. The molecule has 2 saturated heterocycles. The average molecular weight is 618 g/mol. The summed E-state index contributed by atoms with van der Waals surface area (Å²) >= 11 is 0. The van der Waals surface area contributed by atoms with Crippen molar-refractivity contribution in [3.05, 3.63) is 47.2 Å². The maximum Gasteiger partial charge on any atom is 0.319 e. The van der Waals surface area contributed by atoms with Crippen molar-refractivity contribution in [1.29, 1.82) is 0 Å². The molecule has 0 radical (unpaired) electrons. The van der Waals surface area contributed by atoms with Gasteiger partial charge in [-0.15, -0.1) is 0 Å². The van der Waals surface area contributed by atoms with Crippen LogP contribution in [0.1, 0.15) is 83.4 Å². The molecule has 6 rings (SSSR count). The molecule has 240 valence electrons. The lowest BCUT2D eigenvalue weighted by Gasteiger charge is -2.35. The van der Waals surface area contributed by atoms with Gasteiger partial charge in [-0.05, 0) is 93.1 Å². The SMILES string of the molecule is CCCC1(COc2nc(N3CCCCCC3)c3c(CC)nc(-c4cc(O)cc5ccc(F)c(CC)c45)c(F)c3n2)CCCN1C. The fraction of sp³-hybridized carbons (Fsp3) is 0.528. The number of likely N-dealkylation sites (N-methyl/N-ethyl adjacent to an activating group) is 1. The number of nitrogens with zero attached hydrogens (tertiary/aromatic N) is 5. The quantitative estimate of drug-likeness (QED) is 0.204. The number of ether oxygens (including phenoxy) is 1. The van der Waals surface area contributed by atoms with Crippen molar-refractivity contribution in [2.75, 3.05) is 38.2 Å². The van der Waals surface area contributed by atoms with Crippen molar-refractivity contribution >= 4 is 27.5 Å². The first kappa shape index (κ1) is 31.4. The second-order valence-electron chi connectivity index (χ2n) is 12.8. The van der Waals surface area contributed by atoms with E-state index in [0.717, 1.165) is 71.0 Å². The van der Waals surface area contributed by atoms with E-state index in [0.29, 0.717) is 58.2 Å². The van der Waals surface area contributed by atoms with Gasteiger partial charge in [0.05, 0.1) is 16.6 Å². The Kier molecular flexibility index (Phi) is 9.09. The van der Waals surface area contributed by atoms with E-state index in [1.54, 1.807) is 12.1 Å². The Morgan fingerprint density at radius 3 is 2.36 bits per heavy atom. The van der Waals surface area contributed by atoms with Gasteiger partial charge in [-0.25, -0.2) is 13.8 Å². The zero-order valence-corrected chi connectivity index (χ0v) is 27.1. The second-order valence-corrected chi connectivity index (χ2v) is 12.8. The molecule has 7 nitrogen and oxygen atoms in total. The van der Waals surface area contributed by atoms with E-state index in [2.05, 4.69) is 23.8 Å². The highest BCUT2D eigenvalue weighted by Crippen LogP contribution is 2.41. The molecule has 0 aliphatic carbocycles. The molecular formula is C36H45F2N5O2. The van der Waals surface area contributed by atoms with E-state index >= 15 is 8.78 Å². The molecule has 1 atom stereocenters. The van der Waals surface area contributed by atoms with Gasteiger partial charge in [0.1, 0.15) is 35.2 Å². The van der Waals surface area contributed by atoms with Crippen molar-refractivity contribution in [3.63, 3.8) is 0 Å². The summed E-state index contributed by atoms with van der Waals surface area (Å²) in [4.78, 5) is 19.2. The van der Waals surface area contributed by atoms with Crippen LogP contribution in [-0.4, -0.2) is 63.8 Å². The van der Waals surface area contributed by atoms with Crippen LogP contribution in [0.15, 0.2) is 24.3 Å². The largest absolute Gasteiger partial charge is 0.508 e. The molecule has 2 aliphatic rings. The maximum atomic E-state index is 17.1. The summed E-state index contributed by atoms with van der Waals surface area (Å²) in [6.07, 6.45) is 9.46. The molecule has 2 aromatic carbocycles. The molecule has 9 heteroatoms. The summed E-state index contributed by atoms with van der Waals surface area (Å²) in [6, 6.07) is 6.23. The molecule has 2 aromatic heterocycles. The van der Waals surface area contributed by atoms with Crippen LogP contribution in [0.25, 0.3) is 32.9 Å². The van der Waals surface area contributed by atoms with E-state index < -0.39 is 5.82 Å². The monoisotopic (exact) mass is 617 g/mol. The van der Waals surface area contributed by atoms with Crippen LogP contribution in [0.2, 0.25) is 0 Å². The Bertz CT molecular complexity index is 1710. The van der Waals surface area contributed by atoms with E-state index in [-0.39, 0.29) is 34.3 Å². The topological polar surface area (TPSA) is 74.6 Å². The normalized spacial score (nSPS) is 19.5. The molecule has 0 bridgehead atoms. The van der Waals surface area contributed by atoms with Gasteiger partial charge in [0, 0.05) is 18.7 Å². The Balaban J connectivity index is 1.58. The number of likely N-dealkylation sites (tertiary alicyclic amines) is 1. The van der Waals surface area contributed by atoms with E-state index in [4.69, 9.17) is 19.7 Å². The highest BCUT2D eigenvalue weighted by molar-refractivity contribution is 6.02. The number of anilines is 1. The summed E-state index contributed by atoms with van der Waals surface area (Å²) in [5.41, 5.74) is 1.56. The van der Waals surface area contributed by atoms with Crippen molar-refractivity contribution in [2.45, 2.75) is 90.5 Å². The highest BCUT2D eigenvalue weighted by Gasteiger charge is 2.39. The third-order valence-corrected chi connectivity index (χ3v) is 9.95. The van der Waals surface area contributed by atoms with Crippen molar-refractivity contribution < 1.29 is 18.6 Å². The molecule has 1 N–H and O–H groups in total. The number of aromatic nitrogens is 3. The standard InChI is InChI=1S/C36H45F2N5O2/c1-5-15-36(16-12-17-42(36)4)22-45-35-40-33-30(34(41-35)43-18-10-8-9-11-19-43)28(7-3)39-32(31(33)38)26-21-24(44)20-23-13-14-27(37)25(6-2)29(23)26/h13-14,20-21,44H,5-12,15-19,22H2,1-4H3. The minimum atomic E-state index is -0.620. The Morgan fingerprint density at radius 1 is 0.911 bits per heavy atom. The fourth-order valence-corrected chi connectivity index (χ4v) is 7.56. The number of rotatable bonds is 9. The van der Waals surface area contributed by atoms with E-state index in [1.807, 2.05) is 13.8 Å². The minimum Gasteiger partial charge on any atom is -0.508 e. The van der Waals surface area contributed by atoms with E-state index in [1.165, 1.54) is 12.1 Å². The zero-order valence-electron chi connectivity index (χ0n) is 27.1. The molecule has 4 heterocycles. The van der Waals surface area contributed by atoms with Gasteiger partial charge in [0.15, 0.2) is 5.82 Å². The molecule has 2 aliphatic heterocycles. The second kappa shape index (κ2) is 13.0. The number of fused-ring (bicyclic) bond motifs is 2. The predicted molar refractivity (Wildman–Crippen MR) is 176 cm³/mol. The summed E-state index contributed by atoms with van der Waals surface area (Å²) in [5, 5.41) is 12.5. The van der Waals surface area contributed by atoms with Crippen molar-refractivity contribution in [3.8, 4) is 23.0 Å². The molecule has 0 amide bonds. The lowest BCUT2D eigenvalue weighted by molar-refractivity contribution is 0.0828. The number of phenols is 1. The van der Waals surface area contributed by atoms with Gasteiger partial charge in [0.25, 0.3) is 0 Å². The summed E-state index contributed by atoms with van der Waals surface area (Å²) in [5.74, 6) is -0.361. The van der Waals surface area contributed by atoms with Gasteiger partial charge >= 0.3 is 6.01 Å². The van der Waals surface area contributed by atoms with Crippen LogP contribution >= 0.6 is 0 Å². The van der Waals surface area contributed by atoms with Crippen LogP contribution < -0.4 is 9.64 Å². The number of pyridine rings is 1. The summed E-state index contributed by atoms with van der Waals surface area (Å²) in [6.45, 7) is 9.13. The number of benzene rings is 2. The molecular weight excluding hydrogens is 572 g/mol.